The highest BCUT2D eigenvalue weighted by Crippen LogP contribution is 2.19. The van der Waals surface area contributed by atoms with Crippen molar-refractivity contribution in [2.75, 3.05) is 0 Å². The van der Waals surface area contributed by atoms with Crippen LogP contribution < -0.4 is 11.2 Å². The van der Waals surface area contributed by atoms with E-state index in [1.807, 2.05) is 6.07 Å². The van der Waals surface area contributed by atoms with E-state index >= 15 is 0 Å². The van der Waals surface area contributed by atoms with Crippen LogP contribution in [0.25, 0.3) is 22.4 Å². The minimum Gasteiger partial charge on any atom is -0.285 e. The fourth-order valence-electron chi connectivity index (χ4n) is 2.55. The molecule has 3 aromatic heterocycles. The maximum absolute atomic E-state index is 12.4. The zero-order chi connectivity index (χ0) is 15.3. The van der Waals surface area contributed by atoms with E-state index in [0.29, 0.717) is 27.4 Å². The smallest absolute Gasteiger partial charge is 0.285 e. The van der Waals surface area contributed by atoms with Crippen LogP contribution in [0.2, 0.25) is 5.02 Å². The molecule has 0 bridgehead atoms. The molecule has 0 fully saturated rings. The van der Waals surface area contributed by atoms with Crippen molar-refractivity contribution in [1.82, 2.24) is 18.9 Å². The third-order valence-electron chi connectivity index (χ3n) is 3.50. The summed E-state index contributed by atoms with van der Waals surface area (Å²) in [7, 11) is 0. The molecule has 0 aliphatic heterocycles. The summed E-state index contributed by atoms with van der Waals surface area (Å²) >= 11 is 6.03. The van der Waals surface area contributed by atoms with Gasteiger partial charge < -0.3 is 0 Å². The van der Waals surface area contributed by atoms with Gasteiger partial charge in [-0.3, -0.25) is 14.2 Å². The highest BCUT2D eigenvalue weighted by Gasteiger charge is 2.12. The first-order valence-corrected chi connectivity index (χ1v) is 6.90. The Hall–Kier alpha value is -2.86. The van der Waals surface area contributed by atoms with Gasteiger partial charge in [0.25, 0.3) is 5.56 Å². The van der Waals surface area contributed by atoms with Crippen molar-refractivity contribution in [3.8, 4) is 5.82 Å². The lowest BCUT2D eigenvalue weighted by Crippen LogP contribution is -2.30. The molecule has 0 saturated carbocycles. The van der Waals surface area contributed by atoms with Gasteiger partial charge in [0.15, 0.2) is 0 Å². The largest absolute Gasteiger partial charge is 0.334 e. The average molecular weight is 313 g/mol. The molecule has 4 aromatic rings. The number of aromatic amines is 1. The van der Waals surface area contributed by atoms with Crippen LogP contribution in [0, 0.1) is 0 Å². The fraction of sp³-hybridized carbons (Fsp3) is 0. The number of fused-ring (bicyclic) bond motifs is 2. The van der Waals surface area contributed by atoms with Crippen molar-refractivity contribution in [3.05, 3.63) is 74.7 Å². The number of halogens is 1. The van der Waals surface area contributed by atoms with Gasteiger partial charge in [0.2, 0.25) is 0 Å². The molecule has 1 aromatic carbocycles. The lowest BCUT2D eigenvalue weighted by molar-refractivity contribution is 0.890. The van der Waals surface area contributed by atoms with Gasteiger partial charge in [-0.2, -0.15) is 0 Å². The van der Waals surface area contributed by atoms with Gasteiger partial charge in [0, 0.05) is 17.4 Å². The summed E-state index contributed by atoms with van der Waals surface area (Å²) < 4.78 is 3.18. The number of pyridine rings is 1. The van der Waals surface area contributed by atoms with Gasteiger partial charge in [-0.05, 0) is 30.3 Å². The summed E-state index contributed by atoms with van der Waals surface area (Å²) in [5.74, 6) is 0.573. The Morgan fingerprint density at radius 3 is 2.86 bits per heavy atom. The second-order valence-electron chi connectivity index (χ2n) is 4.80. The molecular formula is C15H9ClN4O2. The Morgan fingerprint density at radius 2 is 2.00 bits per heavy atom. The standard InChI is InChI=1S/C15H9ClN4O2/c16-9-4-5-10-11(8-9)20(15(22)18-14(10)21)13-3-1-2-12-17-6-7-19(12)13/h1-8H,(H,18,21,22). The van der Waals surface area contributed by atoms with Gasteiger partial charge >= 0.3 is 5.69 Å². The highest BCUT2D eigenvalue weighted by atomic mass is 35.5. The molecule has 0 atom stereocenters. The van der Waals surface area contributed by atoms with Crippen LogP contribution in [0.15, 0.2) is 58.4 Å². The van der Waals surface area contributed by atoms with E-state index in [0.717, 1.165) is 0 Å². The van der Waals surface area contributed by atoms with Crippen molar-refractivity contribution >= 4 is 28.2 Å². The summed E-state index contributed by atoms with van der Waals surface area (Å²) in [5, 5.41) is 0.838. The van der Waals surface area contributed by atoms with Crippen LogP contribution in [0.1, 0.15) is 0 Å². The molecule has 22 heavy (non-hydrogen) atoms. The Labute approximate surface area is 128 Å². The predicted octanol–water partition coefficient (Wildman–Crippen LogP) is 1.98. The molecule has 0 saturated heterocycles. The molecular weight excluding hydrogens is 304 g/mol. The van der Waals surface area contributed by atoms with Crippen molar-refractivity contribution in [2.45, 2.75) is 0 Å². The third kappa shape index (κ3) is 1.78. The fourth-order valence-corrected chi connectivity index (χ4v) is 2.72. The van der Waals surface area contributed by atoms with E-state index in [-0.39, 0.29) is 0 Å². The number of benzene rings is 1. The number of nitrogens with one attached hydrogen (secondary N) is 1. The molecule has 108 valence electrons. The summed E-state index contributed by atoms with van der Waals surface area (Å²) in [5.41, 5.74) is 0.180. The zero-order valence-corrected chi connectivity index (χ0v) is 11.9. The van der Waals surface area contributed by atoms with E-state index in [9.17, 15) is 9.59 Å². The van der Waals surface area contributed by atoms with Crippen molar-refractivity contribution < 1.29 is 0 Å². The lowest BCUT2D eigenvalue weighted by Gasteiger charge is -2.11. The quantitative estimate of drug-likeness (QED) is 0.584. The van der Waals surface area contributed by atoms with E-state index in [4.69, 9.17) is 11.6 Å². The van der Waals surface area contributed by atoms with Crippen molar-refractivity contribution in [3.63, 3.8) is 0 Å². The molecule has 0 amide bonds. The van der Waals surface area contributed by atoms with E-state index in [1.165, 1.54) is 4.57 Å². The minimum atomic E-state index is -0.527. The summed E-state index contributed by atoms with van der Waals surface area (Å²) in [6, 6.07) is 10.2. The number of hydrogen-bond donors (Lipinski definition) is 1. The van der Waals surface area contributed by atoms with Crippen LogP contribution in [-0.4, -0.2) is 18.9 Å². The third-order valence-corrected chi connectivity index (χ3v) is 3.74. The number of imidazole rings is 1. The second-order valence-corrected chi connectivity index (χ2v) is 5.23. The van der Waals surface area contributed by atoms with E-state index < -0.39 is 11.2 Å². The highest BCUT2D eigenvalue weighted by molar-refractivity contribution is 6.31. The molecule has 0 radical (unpaired) electrons. The number of nitrogens with zero attached hydrogens (tertiary/aromatic N) is 3. The molecule has 4 rings (SSSR count). The molecule has 0 spiro atoms. The molecule has 0 unspecified atom stereocenters. The van der Waals surface area contributed by atoms with Crippen LogP contribution in [0.5, 0.6) is 0 Å². The normalized spacial score (nSPS) is 11.3. The SMILES string of the molecule is O=c1[nH]c(=O)n(-c2cccc3nccn23)c2cc(Cl)ccc12. The first-order chi connectivity index (χ1) is 10.6. The van der Waals surface area contributed by atoms with Gasteiger partial charge in [-0.25, -0.2) is 14.3 Å². The maximum atomic E-state index is 12.4. The average Bonchev–Trinajstić information content (AvgIpc) is 2.96. The molecule has 0 aliphatic rings. The lowest BCUT2D eigenvalue weighted by atomic mass is 10.2. The molecule has 3 heterocycles. The summed E-state index contributed by atoms with van der Waals surface area (Å²) in [6.07, 6.45) is 3.39. The van der Waals surface area contributed by atoms with Gasteiger partial charge in [0.05, 0.1) is 10.9 Å². The molecule has 6 nitrogen and oxygen atoms in total. The monoisotopic (exact) mass is 312 g/mol. The summed E-state index contributed by atoms with van der Waals surface area (Å²) in [6.45, 7) is 0. The second kappa shape index (κ2) is 4.57. The number of H-pyrrole nitrogens is 1. The number of hydrogen-bond acceptors (Lipinski definition) is 3. The van der Waals surface area contributed by atoms with Crippen LogP contribution >= 0.6 is 11.6 Å². The van der Waals surface area contributed by atoms with Crippen molar-refractivity contribution in [2.24, 2.45) is 0 Å². The predicted molar refractivity (Wildman–Crippen MR) is 83.9 cm³/mol. The Morgan fingerprint density at radius 1 is 1.14 bits per heavy atom. The molecule has 0 aliphatic carbocycles. The first-order valence-electron chi connectivity index (χ1n) is 6.52. The van der Waals surface area contributed by atoms with Gasteiger partial charge in [-0.15, -0.1) is 0 Å². The van der Waals surface area contributed by atoms with Crippen LogP contribution in [0.4, 0.5) is 0 Å². The van der Waals surface area contributed by atoms with Gasteiger partial charge in [0.1, 0.15) is 11.5 Å². The van der Waals surface area contributed by atoms with Crippen LogP contribution in [0.3, 0.4) is 0 Å². The minimum absolute atomic E-state index is 0.390. The maximum Gasteiger partial charge on any atom is 0.334 e. The first kappa shape index (κ1) is 12.8. The van der Waals surface area contributed by atoms with Gasteiger partial charge in [-0.1, -0.05) is 17.7 Å². The molecule has 7 heteroatoms. The Balaban J connectivity index is 2.24. The van der Waals surface area contributed by atoms with Crippen LogP contribution in [-0.2, 0) is 0 Å². The van der Waals surface area contributed by atoms with E-state index in [1.54, 1.807) is 47.1 Å². The number of rotatable bonds is 1. The topological polar surface area (TPSA) is 72.2 Å². The number of aromatic nitrogens is 4. The zero-order valence-electron chi connectivity index (χ0n) is 11.2. The Bertz CT molecular complexity index is 1140. The Kier molecular flexibility index (Phi) is 2.67. The summed E-state index contributed by atoms with van der Waals surface area (Å²) in [4.78, 5) is 30.9. The van der Waals surface area contributed by atoms with Crippen molar-refractivity contribution in [1.29, 1.82) is 0 Å². The molecule has 1 N–H and O–H groups in total. The van der Waals surface area contributed by atoms with E-state index in [2.05, 4.69) is 9.97 Å².